The molecule has 0 N–H and O–H groups in total. The van der Waals surface area contributed by atoms with Crippen LogP contribution in [0.3, 0.4) is 0 Å². The van der Waals surface area contributed by atoms with Crippen molar-refractivity contribution in [1.82, 2.24) is 14.1 Å². The van der Waals surface area contributed by atoms with Gasteiger partial charge >= 0.3 is 0 Å². The second-order valence-electron chi connectivity index (χ2n) is 20.6. The highest BCUT2D eigenvalue weighted by Crippen LogP contribution is 2.53. The molecule has 8 aromatic carbocycles. The van der Waals surface area contributed by atoms with Crippen LogP contribution in [0.1, 0.15) is 85.3 Å². The van der Waals surface area contributed by atoms with Gasteiger partial charge in [-0.15, -0.1) is 0 Å². The zero-order valence-electron chi connectivity index (χ0n) is 50.2. The number of nitrogens with zero attached hydrogens (tertiary/aromatic N) is 4. The van der Waals surface area contributed by atoms with Crippen LogP contribution in [-0.4, -0.2) is 14.1 Å². The van der Waals surface area contributed by atoms with Crippen LogP contribution in [0.2, 0.25) is 0 Å². The number of rotatable bonds is 8. The molecule has 342 valence electrons. The standard InChI is InChI=1S/C65H56N4O/c1-63(2,3)46-34-35-66-60(38-46)69-56-29-15-14-26-51(56)52-33-32-49(40-59(52)69)70-48-25-18-24-47(39-48)67-42-68(58-31-17-16-30-57(58)67)62-53(43-20-10-8-11-21-43)36-45(37-54(62)44-22-12-9-13-23-44)50-27-19-28-55-61(50)65(6,7)41-64(55,4)5/h8-40H,41H2,1-7H3/i8D,9D,10D,11D,12D,13D,20D,21D,22D,23D. The molecule has 3 heterocycles. The summed E-state index contributed by atoms with van der Waals surface area (Å²) in [7, 11) is 0. The highest BCUT2D eigenvalue weighted by Gasteiger charge is 2.43. The highest BCUT2D eigenvalue weighted by atomic mass is 16.5. The number of pyridine rings is 1. The van der Waals surface area contributed by atoms with Gasteiger partial charge in [-0.1, -0.05) is 176 Å². The van der Waals surface area contributed by atoms with E-state index in [1.54, 1.807) is 4.57 Å². The van der Waals surface area contributed by atoms with Crippen molar-refractivity contribution in [3.05, 3.63) is 223 Å². The second kappa shape index (κ2) is 16.3. The minimum absolute atomic E-state index is 0.0980. The lowest BCUT2D eigenvalue weighted by molar-refractivity contribution is -0.571. The third kappa shape index (κ3) is 7.31. The van der Waals surface area contributed by atoms with E-state index in [2.05, 4.69) is 95.8 Å². The van der Waals surface area contributed by atoms with Gasteiger partial charge < -0.3 is 4.74 Å². The largest absolute Gasteiger partial charge is 0.458 e. The molecule has 12 rings (SSSR count). The lowest BCUT2D eigenvalue weighted by Crippen LogP contribution is -2.31. The first-order chi connectivity index (χ1) is 38.0. The maximum absolute atomic E-state index is 9.50. The third-order valence-electron chi connectivity index (χ3n) is 13.9. The molecule has 0 saturated carbocycles. The molecular weight excluding hydrogens is 853 g/mol. The molecule has 3 aromatic heterocycles. The molecule has 0 amide bonds. The molecule has 0 spiro atoms. The molecule has 11 aromatic rings. The zero-order valence-corrected chi connectivity index (χ0v) is 40.2. The number of ether oxygens (including phenoxy) is 1. The Balaban J connectivity index is 1.09. The van der Waals surface area contributed by atoms with E-state index in [1.165, 1.54) is 0 Å². The topological polar surface area (TPSA) is 35.9 Å². The molecule has 0 atom stereocenters. The molecule has 70 heavy (non-hydrogen) atoms. The number of para-hydroxylation sites is 3. The minimum Gasteiger partial charge on any atom is -0.458 e. The number of aromatic nitrogens is 4. The molecular formula is C65H56N4O. The molecule has 0 fully saturated rings. The minimum atomic E-state index is -0.569. The van der Waals surface area contributed by atoms with Crippen molar-refractivity contribution in [3.63, 3.8) is 0 Å². The molecule has 0 radical (unpaired) electrons. The van der Waals surface area contributed by atoms with Crippen molar-refractivity contribution in [2.75, 3.05) is 0 Å². The third-order valence-corrected chi connectivity index (χ3v) is 13.9. The average Bonchev–Trinajstić information content (AvgIpc) is 4.24. The van der Waals surface area contributed by atoms with Crippen molar-refractivity contribution in [1.29, 1.82) is 0 Å². The number of hydrogen-bond donors (Lipinski definition) is 0. The number of hydrogen-bond acceptors (Lipinski definition) is 2. The van der Waals surface area contributed by atoms with Gasteiger partial charge in [0.15, 0.2) is 0 Å². The van der Waals surface area contributed by atoms with E-state index in [9.17, 15) is 5.48 Å². The lowest BCUT2D eigenvalue weighted by atomic mass is 9.80. The molecule has 0 saturated heterocycles. The van der Waals surface area contributed by atoms with E-state index in [0.29, 0.717) is 33.8 Å². The summed E-state index contributed by atoms with van der Waals surface area (Å²) in [6, 6.07) is 38.0. The van der Waals surface area contributed by atoms with Crippen LogP contribution in [0.15, 0.2) is 200 Å². The van der Waals surface area contributed by atoms with Gasteiger partial charge in [0, 0.05) is 23.0 Å². The first kappa shape index (κ1) is 33.5. The monoisotopic (exact) mass is 919 g/mol. The van der Waals surface area contributed by atoms with Gasteiger partial charge in [0.2, 0.25) is 0 Å². The van der Waals surface area contributed by atoms with E-state index >= 15 is 0 Å². The van der Waals surface area contributed by atoms with E-state index < -0.39 is 60.4 Å². The number of fused-ring (bicyclic) bond motifs is 5. The van der Waals surface area contributed by atoms with Crippen molar-refractivity contribution in [3.8, 4) is 62.1 Å². The quantitative estimate of drug-likeness (QED) is 0.112. The Morgan fingerprint density at radius 3 is 1.99 bits per heavy atom. The molecule has 0 bridgehead atoms. The summed E-state index contributed by atoms with van der Waals surface area (Å²) in [5.41, 5.74) is 8.14. The summed E-state index contributed by atoms with van der Waals surface area (Å²) in [4.78, 5) is 4.86. The maximum atomic E-state index is 9.50. The first-order valence-electron chi connectivity index (χ1n) is 28.7. The van der Waals surface area contributed by atoms with Crippen LogP contribution >= 0.6 is 0 Å². The van der Waals surface area contributed by atoms with Gasteiger partial charge in [-0.3, -0.25) is 13.7 Å². The Hall–Kier alpha value is -8.02. The molecule has 5 nitrogen and oxygen atoms in total. The molecule has 0 aliphatic heterocycles. The highest BCUT2D eigenvalue weighted by molar-refractivity contribution is 6.09. The lowest BCUT2D eigenvalue weighted by Gasteiger charge is -2.25. The Morgan fingerprint density at radius 1 is 0.600 bits per heavy atom. The van der Waals surface area contributed by atoms with Gasteiger partial charge in [0.1, 0.15) is 17.3 Å². The zero-order chi connectivity index (χ0) is 56.6. The molecule has 5 heteroatoms. The summed E-state index contributed by atoms with van der Waals surface area (Å²) < 4.78 is 104. The SMILES string of the molecule is [2H]c1c([2H])c([2H])c(-c2cc(-c3cccc4c3C(C)(C)CC4(C)C)cc(-c3c([2H])c([2H])c([2H])c([2H])c3[2H])c2-[n+]2[c-]n(-c3cccc(Oc4ccc5c6ccccc6n(-c6cc(C(C)(C)C)ccn6)c5c4)c3)c3ccccc32)c([2H])c1[2H]. The van der Waals surface area contributed by atoms with Crippen LogP contribution in [0.4, 0.5) is 0 Å². The smallest absolute Gasteiger partial charge is 0.269 e. The van der Waals surface area contributed by atoms with E-state index in [4.69, 9.17) is 17.9 Å². The Kier molecular flexibility index (Phi) is 7.80. The summed E-state index contributed by atoms with van der Waals surface area (Å²) >= 11 is 0. The van der Waals surface area contributed by atoms with E-state index in [1.807, 2.05) is 108 Å². The predicted octanol–water partition coefficient (Wildman–Crippen LogP) is 16.2. The molecule has 1 aliphatic carbocycles. The van der Waals surface area contributed by atoms with Crippen molar-refractivity contribution >= 4 is 32.8 Å². The van der Waals surface area contributed by atoms with Gasteiger partial charge in [-0.05, 0) is 133 Å². The second-order valence-corrected chi connectivity index (χ2v) is 20.6. The van der Waals surface area contributed by atoms with Crippen LogP contribution in [0.25, 0.3) is 83.4 Å². The number of imidazole rings is 1. The average molecular weight is 919 g/mol. The van der Waals surface area contributed by atoms with Gasteiger partial charge in [-0.2, -0.15) is 0 Å². The fourth-order valence-electron chi connectivity index (χ4n) is 11.1. The maximum Gasteiger partial charge on any atom is 0.269 e. The Morgan fingerprint density at radius 2 is 1.26 bits per heavy atom. The normalized spacial score (nSPS) is 16.1. The van der Waals surface area contributed by atoms with Gasteiger partial charge in [0.05, 0.1) is 47.1 Å². The van der Waals surface area contributed by atoms with Crippen molar-refractivity contribution < 1.29 is 23.0 Å². The fraction of sp³-hybridized carbons (Fsp3) is 0.169. The van der Waals surface area contributed by atoms with Crippen LogP contribution in [0, 0.1) is 6.33 Å². The van der Waals surface area contributed by atoms with Crippen molar-refractivity contribution in [2.45, 2.75) is 71.1 Å². The van der Waals surface area contributed by atoms with Crippen molar-refractivity contribution in [2.24, 2.45) is 0 Å². The number of benzene rings is 8. The summed E-state index contributed by atoms with van der Waals surface area (Å²) in [5.74, 6) is 1.90. The van der Waals surface area contributed by atoms with Crippen LogP contribution in [0.5, 0.6) is 11.5 Å². The predicted molar refractivity (Wildman–Crippen MR) is 288 cm³/mol. The van der Waals surface area contributed by atoms with Crippen LogP contribution < -0.4 is 9.30 Å². The first-order valence-corrected chi connectivity index (χ1v) is 23.7. The van der Waals surface area contributed by atoms with Crippen LogP contribution in [-0.2, 0) is 16.2 Å². The Labute approximate surface area is 425 Å². The summed E-state index contributed by atoms with van der Waals surface area (Å²) in [6.45, 7) is 15.3. The summed E-state index contributed by atoms with van der Waals surface area (Å²) in [5, 5.41) is 2.13. The van der Waals surface area contributed by atoms with E-state index in [-0.39, 0.29) is 44.2 Å². The molecule has 1 aliphatic rings. The summed E-state index contributed by atoms with van der Waals surface area (Å²) in [6.07, 6.45) is 6.24. The Bertz CT molecular complexity index is 4290. The van der Waals surface area contributed by atoms with Gasteiger partial charge in [-0.25, -0.2) is 4.98 Å². The molecule has 0 unspecified atom stereocenters. The fourth-order valence-corrected chi connectivity index (χ4v) is 11.1. The van der Waals surface area contributed by atoms with Gasteiger partial charge in [0.25, 0.3) is 6.33 Å². The van der Waals surface area contributed by atoms with E-state index in [0.717, 1.165) is 56.3 Å².